The van der Waals surface area contributed by atoms with Crippen molar-refractivity contribution in [2.45, 2.75) is 32.2 Å². The monoisotopic (exact) mass is 208 g/mol. The van der Waals surface area contributed by atoms with Crippen molar-refractivity contribution in [2.24, 2.45) is 11.8 Å². The number of nitrogens with one attached hydrogen (secondary N) is 1. The van der Waals surface area contributed by atoms with Crippen LogP contribution in [0.1, 0.15) is 36.4 Å². The van der Waals surface area contributed by atoms with Crippen LogP contribution < -0.4 is 11.3 Å². The van der Waals surface area contributed by atoms with Crippen LogP contribution in [0.15, 0.2) is 18.2 Å². The molecule has 1 atom stereocenters. The Morgan fingerprint density at radius 2 is 2.20 bits per heavy atom. The van der Waals surface area contributed by atoms with Gasteiger partial charge >= 0.3 is 0 Å². The number of aryl methyl sites for hydroxylation is 1. The van der Waals surface area contributed by atoms with Gasteiger partial charge in [-0.15, -0.1) is 0 Å². The van der Waals surface area contributed by atoms with Crippen LogP contribution in [0.2, 0.25) is 0 Å². The van der Waals surface area contributed by atoms with E-state index in [4.69, 9.17) is 5.84 Å². The summed E-state index contributed by atoms with van der Waals surface area (Å²) in [5.41, 5.74) is 4.63. The van der Waals surface area contributed by atoms with Gasteiger partial charge in [-0.3, -0.25) is 11.3 Å². The smallest absolute Gasteiger partial charge is 0.126 e. The van der Waals surface area contributed by atoms with Gasteiger partial charge in [-0.25, -0.2) is 4.39 Å². The van der Waals surface area contributed by atoms with Gasteiger partial charge < -0.3 is 0 Å². The molecule has 0 bridgehead atoms. The van der Waals surface area contributed by atoms with Gasteiger partial charge in [0.15, 0.2) is 0 Å². The van der Waals surface area contributed by atoms with Gasteiger partial charge in [-0.05, 0) is 42.9 Å². The van der Waals surface area contributed by atoms with E-state index in [2.05, 4.69) is 5.43 Å². The summed E-state index contributed by atoms with van der Waals surface area (Å²) >= 11 is 0. The second kappa shape index (κ2) is 4.29. The van der Waals surface area contributed by atoms with Crippen molar-refractivity contribution < 1.29 is 4.39 Å². The maximum Gasteiger partial charge on any atom is 0.126 e. The average Bonchev–Trinajstić information content (AvgIpc) is 2.16. The summed E-state index contributed by atoms with van der Waals surface area (Å²) in [5.74, 6) is 6.02. The van der Waals surface area contributed by atoms with Crippen LogP contribution in [0.3, 0.4) is 0 Å². The number of rotatable bonds is 3. The largest absolute Gasteiger partial charge is 0.271 e. The third kappa shape index (κ3) is 2.03. The molecule has 1 fully saturated rings. The molecule has 1 saturated carbocycles. The van der Waals surface area contributed by atoms with E-state index in [0.29, 0.717) is 11.5 Å². The zero-order chi connectivity index (χ0) is 10.8. The predicted octanol–water partition coefficient (Wildman–Crippen LogP) is 2.44. The lowest BCUT2D eigenvalue weighted by atomic mass is 9.77. The summed E-state index contributed by atoms with van der Waals surface area (Å²) in [7, 11) is 0. The van der Waals surface area contributed by atoms with E-state index >= 15 is 0 Å². The minimum Gasteiger partial charge on any atom is -0.271 e. The van der Waals surface area contributed by atoms with E-state index in [-0.39, 0.29) is 11.9 Å². The molecule has 1 unspecified atom stereocenters. The molecule has 0 aliphatic heterocycles. The fraction of sp³-hybridized carbons (Fsp3) is 0.500. The molecule has 1 aromatic carbocycles. The molecule has 15 heavy (non-hydrogen) atoms. The van der Waals surface area contributed by atoms with Crippen molar-refractivity contribution in [1.82, 2.24) is 5.43 Å². The van der Waals surface area contributed by atoms with Crippen LogP contribution in [0.25, 0.3) is 0 Å². The third-order valence-electron chi connectivity index (χ3n) is 3.34. The summed E-state index contributed by atoms with van der Waals surface area (Å²) < 4.78 is 13.1. The predicted molar refractivity (Wildman–Crippen MR) is 58.5 cm³/mol. The molecular formula is C12H17FN2. The Balaban J connectivity index is 2.21. The van der Waals surface area contributed by atoms with Gasteiger partial charge in [0.05, 0.1) is 0 Å². The Morgan fingerprint density at radius 3 is 2.67 bits per heavy atom. The molecule has 0 radical (unpaired) electrons. The molecule has 1 aliphatic rings. The Labute approximate surface area is 89.6 Å². The van der Waals surface area contributed by atoms with Crippen LogP contribution >= 0.6 is 0 Å². The highest BCUT2D eigenvalue weighted by Crippen LogP contribution is 2.37. The topological polar surface area (TPSA) is 38.0 Å². The van der Waals surface area contributed by atoms with Crippen molar-refractivity contribution >= 4 is 0 Å². The molecule has 82 valence electrons. The number of hydrogen-bond donors (Lipinski definition) is 2. The number of nitrogens with two attached hydrogens (primary N) is 1. The van der Waals surface area contributed by atoms with Crippen molar-refractivity contribution in [3.8, 4) is 0 Å². The highest BCUT2D eigenvalue weighted by atomic mass is 19.1. The van der Waals surface area contributed by atoms with Gasteiger partial charge in [-0.1, -0.05) is 18.6 Å². The quantitative estimate of drug-likeness (QED) is 0.591. The second-order valence-corrected chi connectivity index (χ2v) is 4.34. The zero-order valence-electron chi connectivity index (χ0n) is 8.96. The summed E-state index contributed by atoms with van der Waals surface area (Å²) in [5, 5.41) is 0. The number of benzene rings is 1. The van der Waals surface area contributed by atoms with Crippen LogP contribution in [0.4, 0.5) is 4.39 Å². The van der Waals surface area contributed by atoms with Crippen molar-refractivity contribution in [3.63, 3.8) is 0 Å². The average molecular weight is 208 g/mol. The summed E-state index contributed by atoms with van der Waals surface area (Å²) in [6.45, 7) is 1.78. The summed E-state index contributed by atoms with van der Waals surface area (Å²) in [4.78, 5) is 0. The van der Waals surface area contributed by atoms with E-state index in [0.717, 1.165) is 5.56 Å². The molecule has 2 rings (SSSR count). The van der Waals surface area contributed by atoms with Crippen LogP contribution in [-0.2, 0) is 0 Å². The SMILES string of the molecule is Cc1cc(C(NN)C2CCC2)ccc1F. The number of hydrogen-bond acceptors (Lipinski definition) is 2. The first-order chi connectivity index (χ1) is 7.22. The van der Waals surface area contributed by atoms with Gasteiger partial charge in [-0.2, -0.15) is 0 Å². The molecular weight excluding hydrogens is 191 g/mol. The molecule has 0 amide bonds. The summed E-state index contributed by atoms with van der Waals surface area (Å²) in [6.07, 6.45) is 3.71. The molecule has 3 heteroatoms. The van der Waals surface area contributed by atoms with E-state index < -0.39 is 0 Å². The molecule has 0 aromatic heterocycles. The standard InChI is InChI=1S/C12H17FN2/c1-8-7-10(5-6-11(8)13)12(15-14)9-3-2-4-9/h5-7,9,12,15H,2-4,14H2,1H3. The lowest BCUT2D eigenvalue weighted by molar-refractivity contribution is 0.232. The fourth-order valence-corrected chi connectivity index (χ4v) is 2.14. The van der Waals surface area contributed by atoms with Crippen molar-refractivity contribution in [3.05, 3.63) is 35.1 Å². The molecule has 1 aromatic rings. The fourth-order valence-electron chi connectivity index (χ4n) is 2.14. The van der Waals surface area contributed by atoms with Crippen LogP contribution in [0, 0.1) is 18.7 Å². The van der Waals surface area contributed by atoms with Gasteiger partial charge in [0.1, 0.15) is 5.82 Å². The first-order valence-corrected chi connectivity index (χ1v) is 5.44. The lowest BCUT2D eigenvalue weighted by Gasteiger charge is -2.33. The normalized spacial score (nSPS) is 18.6. The molecule has 1 aliphatic carbocycles. The zero-order valence-corrected chi connectivity index (χ0v) is 8.96. The first kappa shape index (κ1) is 10.6. The molecule has 0 spiro atoms. The lowest BCUT2D eigenvalue weighted by Crippen LogP contribution is -2.36. The van der Waals surface area contributed by atoms with Gasteiger partial charge in [0, 0.05) is 6.04 Å². The maximum atomic E-state index is 13.1. The highest BCUT2D eigenvalue weighted by molar-refractivity contribution is 5.27. The van der Waals surface area contributed by atoms with Crippen molar-refractivity contribution in [2.75, 3.05) is 0 Å². The van der Waals surface area contributed by atoms with Gasteiger partial charge in [0.2, 0.25) is 0 Å². The van der Waals surface area contributed by atoms with Gasteiger partial charge in [0.25, 0.3) is 0 Å². The minimum atomic E-state index is -0.150. The third-order valence-corrected chi connectivity index (χ3v) is 3.34. The Morgan fingerprint density at radius 1 is 1.47 bits per heavy atom. The van der Waals surface area contributed by atoms with E-state index in [1.165, 1.54) is 25.3 Å². The van der Waals surface area contributed by atoms with E-state index in [9.17, 15) is 4.39 Å². The Bertz CT molecular complexity index is 347. The first-order valence-electron chi connectivity index (χ1n) is 5.44. The molecule has 3 N–H and O–H groups in total. The van der Waals surface area contributed by atoms with Crippen molar-refractivity contribution in [1.29, 1.82) is 0 Å². The molecule has 0 saturated heterocycles. The second-order valence-electron chi connectivity index (χ2n) is 4.34. The highest BCUT2D eigenvalue weighted by Gasteiger charge is 2.27. The minimum absolute atomic E-state index is 0.150. The number of halogens is 1. The van der Waals surface area contributed by atoms with E-state index in [1.807, 2.05) is 12.1 Å². The molecule has 2 nitrogen and oxygen atoms in total. The maximum absolute atomic E-state index is 13.1. The number of hydrazine groups is 1. The summed E-state index contributed by atoms with van der Waals surface area (Å²) in [6, 6.07) is 5.41. The Kier molecular flexibility index (Phi) is 3.03. The Hall–Kier alpha value is -0.930. The van der Waals surface area contributed by atoms with E-state index in [1.54, 1.807) is 6.92 Å². The molecule has 0 heterocycles. The van der Waals surface area contributed by atoms with Crippen LogP contribution in [0.5, 0.6) is 0 Å². The van der Waals surface area contributed by atoms with Crippen LogP contribution in [-0.4, -0.2) is 0 Å².